The number of benzene rings is 1. The Morgan fingerprint density at radius 3 is 2.55 bits per heavy atom. The van der Waals surface area contributed by atoms with Crippen molar-refractivity contribution in [2.75, 3.05) is 23.4 Å². The average molecular weight is 271 g/mol. The Balaban J connectivity index is 2.29. The van der Waals surface area contributed by atoms with Crippen molar-refractivity contribution in [2.24, 2.45) is 5.10 Å². The normalized spacial score (nSPS) is 14.1. The van der Waals surface area contributed by atoms with E-state index in [1.54, 1.807) is 24.3 Å². The molecule has 0 radical (unpaired) electrons. The van der Waals surface area contributed by atoms with E-state index in [0.717, 1.165) is 32.4 Å². The summed E-state index contributed by atoms with van der Waals surface area (Å²) in [5, 5.41) is 21.0. The summed E-state index contributed by atoms with van der Waals surface area (Å²) in [4.78, 5) is 1.97. The van der Waals surface area contributed by atoms with E-state index in [2.05, 4.69) is 10.5 Å². The molecule has 1 aliphatic rings. The van der Waals surface area contributed by atoms with Gasteiger partial charge in [0.05, 0.1) is 11.4 Å². The summed E-state index contributed by atoms with van der Waals surface area (Å²) in [5.74, 6) is -0.331. The zero-order valence-electron chi connectivity index (χ0n) is 10.9. The maximum atomic E-state index is 14.1. The second-order valence-electron chi connectivity index (χ2n) is 4.48. The third kappa shape index (κ3) is 3.04. The Morgan fingerprint density at radius 2 is 1.90 bits per heavy atom. The second kappa shape index (κ2) is 6.53. The fraction of sp³-hybridized carbons (Fsp3) is 0.357. The minimum atomic E-state index is -0.331. The molecule has 102 valence electrons. The topological polar surface area (TPSA) is 75.2 Å². The van der Waals surface area contributed by atoms with Gasteiger partial charge in [0.15, 0.2) is 0 Å². The molecular formula is C14H14FN5. The first-order chi connectivity index (χ1) is 9.76. The van der Waals surface area contributed by atoms with Crippen LogP contribution >= 0.6 is 0 Å². The van der Waals surface area contributed by atoms with Crippen molar-refractivity contribution in [3.05, 3.63) is 24.0 Å². The predicted molar refractivity (Wildman–Crippen MR) is 74.7 cm³/mol. The molecule has 1 aromatic carbocycles. The van der Waals surface area contributed by atoms with E-state index in [9.17, 15) is 4.39 Å². The summed E-state index contributed by atoms with van der Waals surface area (Å²) in [6, 6.07) is 7.96. The molecule has 1 heterocycles. The summed E-state index contributed by atoms with van der Waals surface area (Å²) >= 11 is 0. The van der Waals surface area contributed by atoms with Gasteiger partial charge in [-0.15, -0.1) is 0 Å². The number of nitrogens with one attached hydrogen (secondary N) is 1. The van der Waals surface area contributed by atoms with Gasteiger partial charge in [-0.25, -0.2) is 4.39 Å². The van der Waals surface area contributed by atoms with Gasteiger partial charge in [0.1, 0.15) is 18.0 Å². The minimum Gasteiger partial charge on any atom is -0.367 e. The van der Waals surface area contributed by atoms with Crippen LogP contribution in [0, 0.1) is 28.5 Å². The lowest BCUT2D eigenvalue weighted by Gasteiger charge is -2.30. The summed E-state index contributed by atoms with van der Waals surface area (Å²) in [5.41, 5.74) is 3.24. The maximum absolute atomic E-state index is 14.1. The standard InChI is InChI=1S/C14H14FN5/c15-12-5-4-6-13(19-18-11(9-16)10-17)14(12)20-7-2-1-3-8-20/h4-6,19H,1-3,7-8H2. The minimum absolute atomic E-state index is 0.293. The van der Waals surface area contributed by atoms with Crippen molar-refractivity contribution in [2.45, 2.75) is 19.3 Å². The van der Waals surface area contributed by atoms with E-state index in [-0.39, 0.29) is 11.5 Å². The van der Waals surface area contributed by atoms with Crippen LogP contribution in [0.5, 0.6) is 0 Å². The molecule has 0 unspecified atom stereocenters. The van der Waals surface area contributed by atoms with Crippen LogP contribution in [0.1, 0.15) is 19.3 Å². The fourth-order valence-electron chi connectivity index (χ4n) is 2.24. The van der Waals surface area contributed by atoms with E-state index < -0.39 is 0 Å². The van der Waals surface area contributed by atoms with Gasteiger partial charge < -0.3 is 4.90 Å². The molecule has 1 saturated heterocycles. The summed E-state index contributed by atoms with van der Waals surface area (Å²) in [6.07, 6.45) is 3.20. The number of hydrogen-bond donors (Lipinski definition) is 1. The molecule has 0 aromatic heterocycles. The quantitative estimate of drug-likeness (QED) is 0.677. The number of para-hydroxylation sites is 1. The SMILES string of the molecule is N#CC(C#N)=NNc1cccc(F)c1N1CCCCC1. The van der Waals surface area contributed by atoms with Gasteiger partial charge in [-0.05, 0) is 31.4 Å². The highest BCUT2D eigenvalue weighted by Gasteiger charge is 2.18. The van der Waals surface area contributed by atoms with Crippen LogP contribution in [-0.2, 0) is 0 Å². The van der Waals surface area contributed by atoms with E-state index in [4.69, 9.17) is 10.5 Å². The van der Waals surface area contributed by atoms with Crippen LogP contribution in [0.4, 0.5) is 15.8 Å². The van der Waals surface area contributed by atoms with E-state index in [1.165, 1.54) is 6.07 Å². The zero-order valence-corrected chi connectivity index (χ0v) is 10.9. The zero-order chi connectivity index (χ0) is 14.4. The van der Waals surface area contributed by atoms with Gasteiger partial charge in [-0.2, -0.15) is 15.6 Å². The Kier molecular flexibility index (Phi) is 4.52. The highest BCUT2D eigenvalue weighted by molar-refractivity contribution is 6.10. The lowest BCUT2D eigenvalue weighted by Crippen LogP contribution is -2.30. The lowest BCUT2D eigenvalue weighted by atomic mass is 10.1. The van der Waals surface area contributed by atoms with Gasteiger partial charge in [-0.1, -0.05) is 6.07 Å². The van der Waals surface area contributed by atoms with Crippen LogP contribution in [0.25, 0.3) is 0 Å². The molecule has 0 amide bonds. The Labute approximate surface area is 116 Å². The third-order valence-corrected chi connectivity index (χ3v) is 3.16. The molecule has 1 N–H and O–H groups in total. The van der Waals surface area contributed by atoms with Gasteiger partial charge in [0.2, 0.25) is 5.71 Å². The Morgan fingerprint density at radius 1 is 1.20 bits per heavy atom. The molecule has 5 nitrogen and oxygen atoms in total. The van der Waals surface area contributed by atoms with E-state index in [1.807, 2.05) is 4.90 Å². The van der Waals surface area contributed by atoms with Gasteiger partial charge >= 0.3 is 0 Å². The number of hydrogen-bond acceptors (Lipinski definition) is 5. The summed E-state index contributed by atoms with van der Waals surface area (Å²) in [6.45, 7) is 1.59. The monoisotopic (exact) mass is 271 g/mol. The molecule has 0 saturated carbocycles. The molecule has 2 rings (SSSR count). The van der Waals surface area contributed by atoms with Gasteiger partial charge in [0.25, 0.3) is 0 Å². The van der Waals surface area contributed by atoms with E-state index >= 15 is 0 Å². The number of anilines is 2. The smallest absolute Gasteiger partial charge is 0.237 e. The first kappa shape index (κ1) is 13.8. The average Bonchev–Trinajstić information content (AvgIpc) is 2.49. The molecule has 6 heteroatoms. The van der Waals surface area contributed by atoms with E-state index in [0.29, 0.717) is 11.4 Å². The van der Waals surface area contributed by atoms with Crippen molar-refractivity contribution in [3.8, 4) is 12.1 Å². The molecule has 1 aliphatic heterocycles. The fourth-order valence-corrected chi connectivity index (χ4v) is 2.24. The highest BCUT2D eigenvalue weighted by Crippen LogP contribution is 2.31. The maximum Gasteiger partial charge on any atom is 0.237 e. The number of hydrazone groups is 1. The molecule has 20 heavy (non-hydrogen) atoms. The first-order valence-corrected chi connectivity index (χ1v) is 6.43. The van der Waals surface area contributed by atoms with Crippen molar-refractivity contribution < 1.29 is 4.39 Å². The van der Waals surface area contributed by atoms with Gasteiger partial charge in [0, 0.05) is 13.1 Å². The Bertz CT molecular complexity index is 575. The highest BCUT2D eigenvalue weighted by atomic mass is 19.1. The number of nitrogens with zero attached hydrogens (tertiary/aromatic N) is 4. The predicted octanol–water partition coefficient (Wildman–Crippen LogP) is 2.63. The van der Waals surface area contributed by atoms with Crippen molar-refractivity contribution in [1.82, 2.24) is 0 Å². The third-order valence-electron chi connectivity index (χ3n) is 3.16. The lowest BCUT2D eigenvalue weighted by molar-refractivity contribution is 0.557. The molecule has 0 atom stereocenters. The molecule has 1 fully saturated rings. The second-order valence-corrected chi connectivity index (χ2v) is 4.48. The van der Waals surface area contributed by atoms with Crippen LogP contribution in [-0.4, -0.2) is 18.8 Å². The molecule has 0 spiro atoms. The number of halogens is 1. The molecule has 0 aliphatic carbocycles. The largest absolute Gasteiger partial charge is 0.367 e. The van der Waals surface area contributed by atoms with Gasteiger partial charge in [-0.3, -0.25) is 5.43 Å². The molecule has 0 bridgehead atoms. The van der Waals surface area contributed by atoms with Crippen molar-refractivity contribution in [3.63, 3.8) is 0 Å². The van der Waals surface area contributed by atoms with Crippen molar-refractivity contribution in [1.29, 1.82) is 10.5 Å². The summed E-state index contributed by atoms with van der Waals surface area (Å²) in [7, 11) is 0. The Hall–Kier alpha value is -2.60. The molecular weight excluding hydrogens is 257 g/mol. The number of rotatable bonds is 3. The first-order valence-electron chi connectivity index (χ1n) is 6.43. The van der Waals surface area contributed by atoms with Crippen LogP contribution in [0.2, 0.25) is 0 Å². The number of nitriles is 2. The van der Waals surface area contributed by atoms with Crippen LogP contribution in [0.15, 0.2) is 23.3 Å². The van der Waals surface area contributed by atoms with Crippen LogP contribution in [0.3, 0.4) is 0 Å². The molecule has 1 aromatic rings. The summed E-state index contributed by atoms with van der Waals surface area (Å²) < 4.78 is 14.1. The van der Waals surface area contributed by atoms with Crippen LogP contribution < -0.4 is 10.3 Å². The number of piperidine rings is 1. The van der Waals surface area contributed by atoms with Crippen molar-refractivity contribution >= 4 is 17.1 Å².